The molecule has 0 N–H and O–H groups in total. The van der Waals surface area contributed by atoms with Crippen LogP contribution < -0.4 is 0 Å². The zero-order valence-electron chi connectivity index (χ0n) is 14.9. The first-order chi connectivity index (χ1) is 11.8. The number of furan rings is 1. The van der Waals surface area contributed by atoms with Gasteiger partial charge in [0.05, 0.1) is 0 Å². The maximum atomic E-state index is 12.0. The van der Waals surface area contributed by atoms with Gasteiger partial charge in [-0.2, -0.15) is 0 Å². The molecule has 0 bridgehead atoms. The van der Waals surface area contributed by atoms with Gasteiger partial charge < -0.3 is 13.9 Å². The molecule has 0 radical (unpaired) electrons. The third-order valence-electron chi connectivity index (χ3n) is 4.55. The average Bonchev–Trinajstić information content (AvgIpc) is 2.96. The number of ether oxygens (including phenoxy) is 2. The summed E-state index contributed by atoms with van der Waals surface area (Å²) in [4.78, 5) is 23.7. The summed E-state index contributed by atoms with van der Waals surface area (Å²) in [6.45, 7) is 6.11. The lowest BCUT2D eigenvalue weighted by molar-refractivity contribution is -0.165. The minimum atomic E-state index is -0.609. The van der Waals surface area contributed by atoms with E-state index in [9.17, 15) is 9.59 Å². The molecule has 0 spiro atoms. The summed E-state index contributed by atoms with van der Waals surface area (Å²) in [7, 11) is 0. The Bertz CT molecular complexity index is 619. The van der Waals surface area contributed by atoms with Gasteiger partial charge in [-0.1, -0.05) is 27.2 Å². The van der Waals surface area contributed by atoms with Crippen LogP contribution in [0.3, 0.4) is 0 Å². The molecule has 5 nitrogen and oxygen atoms in total. The van der Waals surface area contributed by atoms with E-state index in [1.165, 1.54) is 18.6 Å². The summed E-state index contributed by atoms with van der Waals surface area (Å²) in [5, 5.41) is 0. The van der Waals surface area contributed by atoms with Gasteiger partial charge in [-0.05, 0) is 64.7 Å². The molecule has 0 aromatic carbocycles. The van der Waals surface area contributed by atoms with Crippen LogP contribution in [0.15, 0.2) is 27.3 Å². The monoisotopic (exact) mass is 412 g/mol. The summed E-state index contributed by atoms with van der Waals surface area (Å²) >= 11 is 3.18. The number of hydrogen-bond acceptors (Lipinski definition) is 5. The SMILES string of the molecule is CC(C)[C@H]1CC[C@@H](C)C[C@H]1OC(=O)COC(=O)/C=C/c1ccc(Br)o1. The Balaban J connectivity index is 1.79. The molecule has 0 saturated heterocycles. The molecular weight excluding hydrogens is 388 g/mol. The van der Waals surface area contributed by atoms with Crippen molar-refractivity contribution in [3.63, 3.8) is 0 Å². The smallest absolute Gasteiger partial charge is 0.344 e. The number of rotatable bonds is 6. The predicted octanol–water partition coefficient (Wildman–Crippen LogP) is 4.60. The lowest BCUT2D eigenvalue weighted by atomic mass is 9.75. The van der Waals surface area contributed by atoms with Crippen LogP contribution in [-0.2, 0) is 19.1 Å². The second-order valence-corrected chi connectivity index (χ2v) is 7.72. The summed E-state index contributed by atoms with van der Waals surface area (Å²) in [6.07, 6.45) is 5.72. The van der Waals surface area contributed by atoms with Crippen LogP contribution in [-0.4, -0.2) is 24.6 Å². The summed E-state index contributed by atoms with van der Waals surface area (Å²) in [6, 6.07) is 3.43. The molecule has 138 valence electrons. The highest BCUT2D eigenvalue weighted by molar-refractivity contribution is 9.10. The minimum absolute atomic E-state index is 0.0917. The topological polar surface area (TPSA) is 65.7 Å². The second-order valence-electron chi connectivity index (χ2n) is 6.94. The van der Waals surface area contributed by atoms with Crippen LogP contribution >= 0.6 is 15.9 Å². The average molecular weight is 413 g/mol. The number of carbonyl (C=O) groups is 2. The molecule has 1 fully saturated rings. The molecule has 1 aromatic heterocycles. The quantitative estimate of drug-likeness (QED) is 0.504. The number of halogens is 1. The molecule has 3 atom stereocenters. The van der Waals surface area contributed by atoms with Gasteiger partial charge >= 0.3 is 11.9 Å². The van der Waals surface area contributed by atoms with E-state index in [0.717, 1.165) is 12.8 Å². The Hall–Kier alpha value is -1.56. The Morgan fingerprint density at radius 1 is 1.36 bits per heavy atom. The van der Waals surface area contributed by atoms with Gasteiger partial charge in [0.1, 0.15) is 11.9 Å². The van der Waals surface area contributed by atoms with E-state index in [4.69, 9.17) is 13.9 Å². The Morgan fingerprint density at radius 2 is 2.12 bits per heavy atom. The molecule has 1 aromatic rings. The van der Waals surface area contributed by atoms with E-state index in [1.54, 1.807) is 12.1 Å². The summed E-state index contributed by atoms with van der Waals surface area (Å²) < 4.78 is 16.3. The van der Waals surface area contributed by atoms with E-state index in [0.29, 0.717) is 28.2 Å². The third-order valence-corrected chi connectivity index (χ3v) is 4.98. The zero-order valence-corrected chi connectivity index (χ0v) is 16.5. The van der Waals surface area contributed by atoms with Crippen LogP contribution in [0.2, 0.25) is 0 Å². The number of hydrogen-bond donors (Lipinski definition) is 0. The van der Waals surface area contributed by atoms with Gasteiger partial charge in [-0.15, -0.1) is 0 Å². The molecule has 6 heteroatoms. The molecule has 0 unspecified atom stereocenters. The van der Waals surface area contributed by atoms with Gasteiger partial charge in [0, 0.05) is 6.08 Å². The van der Waals surface area contributed by atoms with Gasteiger partial charge in [0.2, 0.25) is 0 Å². The van der Waals surface area contributed by atoms with Crippen molar-refractivity contribution >= 4 is 33.9 Å². The highest BCUT2D eigenvalue weighted by Crippen LogP contribution is 2.35. The first-order valence-corrected chi connectivity index (χ1v) is 9.44. The Kier molecular flexibility index (Phi) is 7.29. The molecule has 2 rings (SSSR count). The predicted molar refractivity (Wildman–Crippen MR) is 97.6 cm³/mol. The normalized spacial score (nSPS) is 23.8. The molecule has 1 heterocycles. The van der Waals surface area contributed by atoms with Crippen molar-refractivity contribution in [2.75, 3.05) is 6.61 Å². The highest BCUT2D eigenvalue weighted by atomic mass is 79.9. The van der Waals surface area contributed by atoms with E-state index < -0.39 is 11.9 Å². The van der Waals surface area contributed by atoms with Crippen LogP contribution in [0.25, 0.3) is 6.08 Å². The molecule has 0 amide bonds. The van der Waals surface area contributed by atoms with E-state index in [2.05, 4.69) is 36.7 Å². The summed E-state index contributed by atoms with van der Waals surface area (Å²) in [5.74, 6) is 0.791. The van der Waals surface area contributed by atoms with Gasteiger partial charge in [0.25, 0.3) is 0 Å². The lowest BCUT2D eigenvalue weighted by Crippen LogP contribution is -2.36. The van der Waals surface area contributed by atoms with Crippen LogP contribution in [0.4, 0.5) is 0 Å². The fourth-order valence-electron chi connectivity index (χ4n) is 3.20. The van der Waals surface area contributed by atoms with Gasteiger partial charge in [0.15, 0.2) is 11.3 Å². The van der Waals surface area contributed by atoms with E-state index >= 15 is 0 Å². The molecule has 25 heavy (non-hydrogen) atoms. The Morgan fingerprint density at radius 3 is 2.76 bits per heavy atom. The van der Waals surface area contributed by atoms with Crippen molar-refractivity contribution in [1.82, 2.24) is 0 Å². The molecule has 0 aliphatic heterocycles. The van der Waals surface area contributed by atoms with Crippen LogP contribution in [0, 0.1) is 17.8 Å². The molecule has 1 aliphatic carbocycles. The van der Waals surface area contributed by atoms with Crippen molar-refractivity contribution < 1.29 is 23.5 Å². The van der Waals surface area contributed by atoms with Crippen molar-refractivity contribution in [2.45, 2.75) is 46.1 Å². The number of esters is 2. The maximum absolute atomic E-state index is 12.0. The summed E-state index contributed by atoms with van der Waals surface area (Å²) in [5.41, 5.74) is 0. The van der Waals surface area contributed by atoms with Gasteiger partial charge in [-0.25, -0.2) is 9.59 Å². The Labute approximate surface area is 156 Å². The fraction of sp³-hybridized carbons (Fsp3) is 0.579. The first-order valence-electron chi connectivity index (χ1n) is 8.64. The largest absolute Gasteiger partial charge is 0.460 e. The van der Waals surface area contributed by atoms with E-state index in [1.807, 2.05) is 0 Å². The maximum Gasteiger partial charge on any atom is 0.344 e. The minimum Gasteiger partial charge on any atom is -0.460 e. The van der Waals surface area contributed by atoms with Crippen molar-refractivity contribution in [1.29, 1.82) is 0 Å². The lowest BCUT2D eigenvalue weighted by Gasteiger charge is -2.36. The van der Waals surface area contributed by atoms with Crippen LogP contribution in [0.5, 0.6) is 0 Å². The fourth-order valence-corrected chi connectivity index (χ4v) is 3.52. The van der Waals surface area contributed by atoms with Crippen LogP contribution in [0.1, 0.15) is 45.8 Å². The zero-order chi connectivity index (χ0) is 18.4. The molecular formula is C19H25BrO5. The van der Waals surface area contributed by atoms with Crippen molar-refractivity contribution in [3.05, 3.63) is 28.6 Å². The first kappa shape index (κ1) is 19.8. The number of carbonyl (C=O) groups excluding carboxylic acids is 2. The molecule has 1 saturated carbocycles. The van der Waals surface area contributed by atoms with Gasteiger partial charge in [-0.3, -0.25) is 0 Å². The second kappa shape index (κ2) is 9.22. The highest BCUT2D eigenvalue weighted by Gasteiger charge is 2.33. The standard InChI is InChI=1S/C19H25BrO5/c1-12(2)15-7-4-13(3)10-16(15)25-19(22)11-23-18(21)9-6-14-5-8-17(20)24-14/h5-6,8-9,12-13,15-16H,4,7,10-11H2,1-3H3/b9-6+/t13-,15-,16-/m1/s1. The van der Waals surface area contributed by atoms with Crippen molar-refractivity contribution in [2.24, 2.45) is 17.8 Å². The molecule has 1 aliphatic rings. The third kappa shape index (κ3) is 6.34. The van der Waals surface area contributed by atoms with E-state index in [-0.39, 0.29) is 12.7 Å². The van der Waals surface area contributed by atoms with Crippen molar-refractivity contribution in [3.8, 4) is 0 Å².